The molecule has 0 fully saturated rings. The molecule has 0 amide bonds. The second-order valence-electron chi connectivity index (χ2n) is 3.59. The summed E-state index contributed by atoms with van der Waals surface area (Å²) in [6.45, 7) is 1.75. The summed E-state index contributed by atoms with van der Waals surface area (Å²) in [6, 6.07) is 4.14. The van der Waals surface area contributed by atoms with Gasteiger partial charge in [0.25, 0.3) is 0 Å². The summed E-state index contributed by atoms with van der Waals surface area (Å²) < 4.78 is 31.0. The van der Waals surface area contributed by atoms with Gasteiger partial charge in [0.2, 0.25) is 10.0 Å². The molecule has 0 aromatic heterocycles. The lowest BCUT2D eigenvalue weighted by atomic mass is 10.1. The number of rotatable bonds is 6. The van der Waals surface area contributed by atoms with Crippen LogP contribution in [0.2, 0.25) is 5.02 Å². The third-order valence-corrected chi connectivity index (χ3v) is 4.17. The van der Waals surface area contributed by atoms with Gasteiger partial charge in [0.1, 0.15) is 4.90 Å². The molecular formula is C11H14ClNO4S. The largest absolute Gasteiger partial charge is 0.383 e. The number of nitrogens with one attached hydrogen (secondary N) is 1. The standard InChI is InChI=1S/C11H14ClNO4S/c1-8(14)9-3-4-10(12)11(7-9)18(15,16)13-5-6-17-2/h3-4,7,13H,5-6H2,1-2H3. The fourth-order valence-electron chi connectivity index (χ4n) is 1.28. The van der Waals surface area contributed by atoms with E-state index in [2.05, 4.69) is 4.72 Å². The minimum atomic E-state index is -3.73. The zero-order valence-corrected chi connectivity index (χ0v) is 11.6. The van der Waals surface area contributed by atoms with Gasteiger partial charge in [-0.1, -0.05) is 11.6 Å². The average molecular weight is 292 g/mol. The normalized spacial score (nSPS) is 11.5. The van der Waals surface area contributed by atoms with E-state index in [4.69, 9.17) is 16.3 Å². The van der Waals surface area contributed by atoms with E-state index < -0.39 is 10.0 Å². The summed E-state index contributed by atoms with van der Waals surface area (Å²) in [7, 11) is -2.26. The van der Waals surface area contributed by atoms with Crippen LogP contribution in [0.1, 0.15) is 17.3 Å². The molecule has 0 saturated heterocycles. The van der Waals surface area contributed by atoms with Crippen molar-refractivity contribution in [3.63, 3.8) is 0 Å². The highest BCUT2D eigenvalue weighted by molar-refractivity contribution is 7.89. The molecule has 5 nitrogen and oxygen atoms in total. The summed E-state index contributed by atoms with van der Waals surface area (Å²) in [5.74, 6) is -0.222. The molecule has 0 saturated carbocycles. The SMILES string of the molecule is COCCNS(=O)(=O)c1cc(C(C)=O)ccc1Cl. The van der Waals surface area contributed by atoms with E-state index in [0.29, 0.717) is 5.56 Å². The molecule has 7 heteroatoms. The Morgan fingerprint density at radius 2 is 2.11 bits per heavy atom. The number of ether oxygens (including phenoxy) is 1. The molecule has 0 unspecified atom stereocenters. The van der Waals surface area contributed by atoms with E-state index in [-0.39, 0.29) is 28.9 Å². The first-order valence-corrected chi connectivity index (χ1v) is 7.03. The van der Waals surface area contributed by atoms with Crippen molar-refractivity contribution in [2.45, 2.75) is 11.8 Å². The van der Waals surface area contributed by atoms with Gasteiger partial charge in [0, 0.05) is 19.2 Å². The topological polar surface area (TPSA) is 72.5 Å². The van der Waals surface area contributed by atoms with Gasteiger partial charge in [-0.25, -0.2) is 13.1 Å². The molecule has 0 aliphatic rings. The lowest BCUT2D eigenvalue weighted by Gasteiger charge is -2.09. The maximum Gasteiger partial charge on any atom is 0.242 e. The molecule has 0 atom stereocenters. The molecule has 1 aromatic carbocycles. The van der Waals surface area contributed by atoms with Crippen LogP contribution < -0.4 is 4.72 Å². The maximum absolute atomic E-state index is 11.9. The van der Waals surface area contributed by atoms with Crippen molar-refractivity contribution >= 4 is 27.4 Å². The van der Waals surface area contributed by atoms with Crippen molar-refractivity contribution in [1.29, 1.82) is 0 Å². The van der Waals surface area contributed by atoms with Crippen LogP contribution in [0.15, 0.2) is 23.1 Å². The van der Waals surface area contributed by atoms with Crippen LogP contribution in [-0.2, 0) is 14.8 Å². The first-order chi connectivity index (χ1) is 8.38. The monoisotopic (exact) mass is 291 g/mol. The Bertz CT molecular complexity index is 542. The van der Waals surface area contributed by atoms with E-state index in [1.807, 2.05) is 0 Å². The Morgan fingerprint density at radius 3 is 2.67 bits per heavy atom. The van der Waals surface area contributed by atoms with Gasteiger partial charge in [0.15, 0.2) is 5.78 Å². The summed E-state index contributed by atoms with van der Waals surface area (Å²) in [4.78, 5) is 11.1. The fourth-order valence-corrected chi connectivity index (χ4v) is 2.82. The Kier molecular flexibility index (Phi) is 5.28. The number of hydrogen-bond acceptors (Lipinski definition) is 4. The summed E-state index contributed by atoms with van der Waals surface area (Å²) in [5, 5.41) is 0.0740. The molecule has 0 aliphatic carbocycles. The van der Waals surface area contributed by atoms with Crippen LogP contribution in [0.3, 0.4) is 0 Å². The molecular weight excluding hydrogens is 278 g/mol. The first-order valence-electron chi connectivity index (χ1n) is 5.17. The number of halogens is 1. The highest BCUT2D eigenvalue weighted by atomic mass is 35.5. The number of ketones is 1. The van der Waals surface area contributed by atoms with Gasteiger partial charge in [-0.05, 0) is 25.1 Å². The van der Waals surface area contributed by atoms with E-state index in [1.54, 1.807) is 0 Å². The quantitative estimate of drug-likeness (QED) is 0.636. The lowest BCUT2D eigenvalue weighted by molar-refractivity contribution is 0.101. The van der Waals surface area contributed by atoms with Crippen molar-refractivity contribution in [2.75, 3.05) is 20.3 Å². The van der Waals surface area contributed by atoms with Crippen molar-refractivity contribution in [1.82, 2.24) is 4.72 Å². The van der Waals surface area contributed by atoms with Crippen LogP contribution in [0.5, 0.6) is 0 Å². The smallest absolute Gasteiger partial charge is 0.242 e. The Balaban J connectivity index is 3.07. The molecule has 0 heterocycles. The van der Waals surface area contributed by atoms with Crippen molar-refractivity contribution in [3.05, 3.63) is 28.8 Å². The number of benzene rings is 1. The number of sulfonamides is 1. The number of methoxy groups -OCH3 is 1. The average Bonchev–Trinajstić information content (AvgIpc) is 2.29. The molecule has 18 heavy (non-hydrogen) atoms. The molecule has 1 N–H and O–H groups in total. The summed E-state index contributed by atoms with van der Waals surface area (Å²) in [6.07, 6.45) is 0. The first kappa shape index (κ1) is 15.1. The van der Waals surface area contributed by atoms with Gasteiger partial charge >= 0.3 is 0 Å². The summed E-state index contributed by atoms with van der Waals surface area (Å²) in [5.41, 5.74) is 0.298. The Labute approximate surface area is 111 Å². The van der Waals surface area contributed by atoms with Crippen molar-refractivity contribution in [2.24, 2.45) is 0 Å². The van der Waals surface area contributed by atoms with E-state index >= 15 is 0 Å². The fraction of sp³-hybridized carbons (Fsp3) is 0.364. The predicted octanol–water partition coefficient (Wildman–Crippen LogP) is 1.47. The number of hydrogen-bond donors (Lipinski definition) is 1. The van der Waals surface area contributed by atoms with Crippen molar-refractivity contribution < 1.29 is 17.9 Å². The van der Waals surface area contributed by atoms with Crippen LogP contribution >= 0.6 is 11.6 Å². The Morgan fingerprint density at radius 1 is 1.44 bits per heavy atom. The van der Waals surface area contributed by atoms with Gasteiger partial charge in [-0.15, -0.1) is 0 Å². The van der Waals surface area contributed by atoms with Gasteiger partial charge < -0.3 is 4.74 Å². The third-order valence-electron chi connectivity index (χ3n) is 2.23. The van der Waals surface area contributed by atoms with E-state index in [0.717, 1.165) is 0 Å². The minimum Gasteiger partial charge on any atom is -0.383 e. The highest BCUT2D eigenvalue weighted by Gasteiger charge is 2.18. The van der Waals surface area contributed by atoms with Gasteiger partial charge in [-0.3, -0.25) is 4.79 Å². The van der Waals surface area contributed by atoms with Crippen LogP contribution in [0, 0.1) is 0 Å². The second-order valence-corrected chi connectivity index (χ2v) is 5.73. The van der Waals surface area contributed by atoms with Gasteiger partial charge in [-0.2, -0.15) is 0 Å². The van der Waals surface area contributed by atoms with Crippen LogP contribution in [0.4, 0.5) is 0 Å². The molecule has 0 radical (unpaired) electrons. The van der Waals surface area contributed by atoms with Crippen molar-refractivity contribution in [3.8, 4) is 0 Å². The van der Waals surface area contributed by atoms with Gasteiger partial charge in [0.05, 0.1) is 11.6 Å². The molecule has 0 spiro atoms. The number of carbonyl (C=O) groups is 1. The molecule has 1 aromatic rings. The number of carbonyl (C=O) groups excluding carboxylic acids is 1. The van der Waals surface area contributed by atoms with E-state index in [1.165, 1.54) is 32.2 Å². The van der Waals surface area contributed by atoms with Crippen LogP contribution in [-0.4, -0.2) is 34.5 Å². The molecule has 100 valence electrons. The second kappa shape index (κ2) is 6.29. The van der Waals surface area contributed by atoms with Crippen LogP contribution in [0.25, 0.3) is 0 Å². The lowest BCUT2D eigenvalue weighted by Crippen LogP contribution is -2.27. The highest BCUT2D eigenvalue weighted by Crippen LogP contribution is 2.22. The minimum absolute atomic E-state index is 0.0740. The Hall–Kier alpha value is -0.950. The predicted molar refractivity (Wildman–Crippen MR) is 68.5 cm³/mol. The molecule has 0 aliphatic heterocycles. The van der Waals surface area contributed by atoms with E-state index in [9.17, 15) is 13.2 Å². The summed E-state index contributed by atoms with van der Waals surface area (Å²) >= 11 is 5.84. The zero-order chi connectivity index (χ0) is 13.8. The third kappa shape index (κ3) is 3.78. The maximum atomic E-state index is 11.9. The molecule has 0 bridgehead atoms. The zero-order valence-electron chi connectivity index (χ0n) is 10.1. The molecule has 1 rings (SSSR count). The number of Topliss-reactive ketones (excluding diaryl/α,β-unsaturated/α-hetero) is 1.